The smallest absolute Gasteiger partial charge is 0.185 e. The van der Waals surface area contributed by atoms with E-state index in [0.717, 1.165) is 11.1 Å². The van der Waals surface area contributed by atoms with E-state index >= 15 is 0 Å². The molecule has 2 aromatic rings. The third kappa shape index (κ3) is 1.36. The molecule has 0 unspecified atom stereocenters. The van der Waals surface area contributed by atoms with Crippen LogP contribution in [0.5, 0.6) is 0 Å². The molecule has 0 amide bonds. The van der Waals surface area contributed by atoms with Gasteiger partial charge in [0.05, 0.1) is 6.26 Å². The largest absolute Gasteiger partial charge is 0.461 e. The Morgan fingerprint density at radius 3 is 2.69 bits per heavy atom. The fraction of sp³-hybridized carbons (Fsp3) is 0. The first-order valence-electron chi connectivity index (χ1n) is 3.85. The first kappa shape index (κ1) is 7.73. The van der Waals surface area contributed by atoms with Crippen LogP contribution >= 0.6 is 0 Å². The van der Waals surface area contributed by atoms with Gasteiger partial charge in [-0.05, 0) is 23.8 Å². The van der Waals surface area contributed by atoms with E-state index in [1.807, 2.05) is 12.1 Å². The number of nitrogens with zero attached hydrogens (tertiary/aromatic N) is 1. The van der Waals surface area contributed by atoms with Crippen LogP contribution in [0.3, 0.4) is 0 Å². The lowest BCUT2D eigenvalue weighted by Gasteiger charge is -1.95. The molecule has 0 aromatic carbocycles. The van der Waals surface area contributed by atoms with E-state index in [0.29, 0.717) is 12.0 Å². The zero-order valence-electron chi connectivity index (χ0n) is 6.81. The number of carbonyl (C=O) groups excluding carboxylic acids is 1. The Hall–Kier alpha value is -1.90. The molecule has 2 aromatic heterocycles. The van der Waals surface area contributed by atoms with Crippen LogP contribution in [0.2, 0.25) is 0 Å². The lowest BCUT2D eigenvalue weighted by Crippen LogP contribution is -1.81. The number of pyridine rings is 1. The molecule has 2 heterocycles. The van der Waals surface area contributed by atoms with Crippen molar-refractivity contribution in [1.29, 1.82) is 0 Å². The maximum Gasteiger partial charge on any atom is 0.185 e. The van der Waals surface area contributed by atoms with Crippen LogP contribution < -0.4 is 0 Å². The zero-order valence-corrected chi connectivity index (χ0v) is 6.81. The van der Waals surface area contributed by atoms with Crippen molar-refractivity contribution in [2.45, 2.75) is 0 Å². The standard InChI is InChI=1S/C10H7NO2/c12-7-10-9(3-6-13-10)8-1-4-11-5-2-8/h1-7H. The van der Waals surface area contributed by atoms with Crippen LogP contribution in [0.15, 0.2) is 41.3 Å². The van der Waals surface area contributed by atoms with Gasteiger partial charge in [0.15, 0.2) is 12.0 Å². The van der Waals surface area contributed by atoms with Crippen molar-refractivity contribution < 1.29 is 9.21 Å². The zero-order chi connectivity index (χ0) is 9.10. The maximum atomic E-state index is 10.6. The Bertz CT molecular complexity index is 406. The first-order chi connectivity index (χ1) is 6.42. The lowest BCUT2D eigenvalue weighted by atomic mass is 10.1. The van der Waals surface area contributed by atoms with Gasteiger partial charge in [-0.1, -0.05) is 0 Å². The summed E-state index contributed by atoms with van der Waals surface area (Å²) < 4.78 is 4.98. The number of aromatic nitrogens is 1. The predicted octanol–water partition coefficient (Wildman–Crippen LogP) is 2.15. The topological polar surface area (TPSA) is 43.1 Å². The number of furan rings is 1. The van der Waals surface area contributed by atoms with Gasteiger partial charge < -0.3 is 4.42 Å². The van der Waals surface area contributed by atoms with Gasteiger partial charge in [-0.2, -0.15) is 0 Å². The molecule has 0 N–H and O–H groups in total. The molecule has 3 nitrogen and oxygen atoms in total. The first-order valence-corrected chi connectivity index (χ1v) is 3.85. The highest BCUT2D eigenvalue weighted by Crippen LogP contribution is 2.22. The molecule has 0 spiro atoms. The van der Waals surface area contributed by atoms with Crippen LogP contribution in [0.25, 0.3) is 11.1 Å². The van der Waals surface area contributed by atoms with Crippen molar-refractivity contribution in [3.8, 4) is 11.1 Å². The van der Waals surface area contributed by atoms with Gasteiger partial charge >= 0.3 is 0 Å². The van der Waals surface area contributed by atoms with Gasteiger partial charge in [0, 0.05) is 18.0 Å². The predicted molar refractivity (Wildman–Crippen MR) is 47.3 cm³/mol. The Morgan fingerprint density at radius 2 is 2.00 bits per heavy atom. The highest BCUT2D eigenvalue weighted by atomic mass is 16.3. The molecule has 0 saturated heterocycles. The normalized spacial score (nSPS) is 9.85. The molecule has 0 aliphatic carbocycles. The monoisotopic (exact) mass is 173 g/mol. The highest BCUT2D eigenvalue weighted by molar-refractivity contribution is 5.83. The second-order valence-corrected chi connectivity index (χ2v) is 2.55. The molecular weight excluding hydrogens is 166 g/mol. The Kier molecular flexibility index (Phi) is 1.92. The highest BCUT2D eigenvalue weighted by Gasteiger charge is 2.06. The molecule has 64 valence electrons. The van der Waals surface area contributed by atoms with Crippen LogP contribution in [-0.2, 0) is 0 Å². The van der Waals surface area contributed by atoms with E-state index in [1.54, 1.807) is 18.5 Å². The summed E-state index contributed by atoms with van der Waals surface area (Å²) in [6.45, 7) is 0. The summed E-state index contributed by atoms with van der Waals surface area (Å²) in [6, 6.07) is 5.43. The summed E-state index contributed by atoms with van der Waals surface area (Å²) in [5, 5.41) is 0. The van der Waals surface area contributed by atoms with Crippen molar-refractivity contribution in [2.24, 2.45) is 0 Å². The minimum absolute atomic E-state index is 0.353. The van der Waals surface area contributed by atoms with E-state index in [-0.39, 0.29) is 0 Å². The Balaban J connectivity index is 2.52. The van der Waals surface area contributed by atoms with Gasteiger partial charge in [-0.15, -0.1) is 0 Å². The van der Waals surface area contributed by atoms with Crippen molar-refractivity contribution >= 4 is 6.29 Å². The number of rotatable bonds is 2. The average Bonchev–Trinajstić information content (AvgIpc) is 2.67. The fourth-order valence-corrected chi connectivity index (χ4v) is 1.18. The molecule has 3 heteroatoms. The summed E-state index contributed by atoms with van der Waals surface area (Å²) in [7, 11) is 0. The number of aldehydes is 1. The minimum Gasteiger partial charge on any atom is -0.461 e. The summed E-state index contributed by atoms with van der Waals surface area (Å²) in [6.07, 6.45) is 5.56. The van der Waals surface area contributed by atoms with Crippen LogP contribution in [-0.4, -0.2) is 11.3 Å². The lowest BCUT2D eigenvalue weighted by molar-refractivity contribution is 0.110. The van der Waals surface area contributed by atoms with E-state index in [4.69, 9.17) is 4.42 Å². The van der Waals surface area contributed by atoms with Crippen LogP contribution in [0.1, 0.15) is 10.6 Å². The van der Waals surface area contributed by atoms with Gasteiger partial charge in [0.25, 0.3) is 0 Å². The molecule has 0 aliphatic heterocycles. The number of hydrogen-bond acceptors (Lipinski definition) is 3. The number of hydrogen-bond donors (Lipinski definition) is 0. The summed E-state index contributed by atoms with van der Waals surface area (Å²) in [5.41, 5.74) is 1.74. The SMILES string of the molecule is O=Cc1occc1-c1ccncc1. The maximum absolute atomic E-state index is 10.6. The van der Waals surface area contributed by atoms with E-state index in [9.17, 15) is 4.79 Å². The summed E-state index contributed by atoms with van der Waals surface area (Å²) in [4.78, 5) is 14.4. The average molecular weight is 173 g/mol. The molecule has 0 radical (unpaired) electrons. The summed E-state index contributed by atoms with van der Waals surface area (Å²) >= 11 is 0. The van der Waals surface area contributed by atoms with E-state index < -0.39 is 0 Å². The minimum atomic E-state index is 0.353. The van der Waals surface area contributed by atoms with Crippen LogP contribution in [0.4, 0.5) is 0 Å². The van der Waals surface area contributed by atoms with Gasteiger partial charge in [0.2, 0.25) is 0 Å². The molecule has 0 fully saturated rings. The van der Waals surface area contributed by atoms with Crippen molar-refractivity contribution in [1.82, 2.24) is 4.98 Å². The van der Waals surface area contributed by atoms with Gasteiger partial charge in [-0.25, -0.2) is 0 Å². The van der Waals surface area contributed by atoms with Gasteiger partial charge in [0.1, 0.15) is 0 Å². The number of carbonyl (C=O) groups is 1. The molecule has 2 rings (SSSR count). The van der Waals surface area contributed by atoms with Gasteiger partial charge in [-0.3, -0.25) is 9.78 Å². The molecule has 0 saturated carbocycles. The summed E-state index contributed by atoms with van der Waals surface area (Å²) in [5.74, 6) is 0.353. The molecule has 0 bridgehead atoms. The Labute approximate surface area is 75.0 Å². The van der Waals surface area contributed by atoms with Crippen molar-refractivity contribution in [3.63, 3.8) is 0 Å². The fourth-order valence-electron chi connectivity index (χ4n) is 1.18. The van der Waals surface area contributed by atoms with Crippen molar-refractivity contribution in [2.75, 3.05) is 0 Å². The molecular formula is C10H7NO2. The molecule has 0 aliphatic rings. The molecule has 13 heavy (non-hydrogen) atoms. The second-order valence-electron chi connectivity index (χ2n) is 2.55. The third-order valence-electron chi connectivity index (χ3n) is 1.79. The Morgan fingerprint density at radius 1 is 1.23 bits per heavy atom. The quantitative estimate of drug-likeness (QED) is 0.653. The van der Waals surface area contributed by atoms with Crippen LogP contribution in [0, 0.1) is 0 Å². The second kappa shape index (κ2) is 3.23. The third-order valence-corrected chi connectivity index (χ3v) is 1.79. The van der Waals surface area contributed by atoms with E-state index in [2.05, 4.69) is 4.98 Å². The van der Waals surface area contributed by atoms with E-state index in [1.165, 1.54) is 6.26 Å². The van der Waals surface area contributed by atoms with Crippen molar-refractivity contribution in [3.05, 3.63) is 42.6 Å². The molecule has 0 atom stereocenters.